The summed E-state index contributed by atoms with van der Waals surface area (Å²) in [4.78, 5) is 24.8. The monoisotopic (exact) mass is 378 g/mol. The first-order valence-corrected chi connectivity index (χ1v) is 8.07. The summed E-state index contributed by atoms with van der Waals surface area (Å²) in [5.41, 5.74) is -2.63. The van der Waals surface area contributed by atoms with Crippen molar-refractivity contribution >= 4 is 43.1 Å². The number of rotatable bonds is 0. The largest absolute Gasteiger partial charge is 0.504 e. The highest BCUT2D eigenvalue weighted by atomic mass is 16.3. The van der Waals surface area contributed by atoms with Gasteiger partial charge in [0.05, 0.1) is 5.39 Å². The molecule has 0 radical (unpaired) electrons. The molecule has 0 bridgehead atoms. The molecule has 0 aromatic heterocycles. The molecule has 0 unspecified atom stereocenters. The number of phenolic OH excluding ortho intramolecular Hbond substituents is 6. The molecule has 5 rings (SSSR count). The van der Waals surface area contributed by atoms with Crippen molar-refractivity contribution in [2.24, 2.45) is 0 Å². The highest BCUT2D eigenvalue weighted by molar-refractivity contribution is 6.37. The number of hydrogen-bond acceptors (Lipinski definition) is 8. The van der Waals surface area contributed by atoms with Crippen molar-refractivity contribution in [3.05, 3.63) is 44.7 Å². The Morgan fingerprint density at radius 3 is 1.89 bits per heavy atom. The maximum absolute atomic E-state index is 12.4. The third-order valence-corrected chi connectivity index (χ3v) is 5.20. The number of hydrogen-bond donors (Lipinski definition) is 6. The van der Waals surface area contributed by atoms with Gasteiger partial charge in [0.15, 0.2) is 28.7 Å². The maximum atomic E-state index is 12.4. The molecule has 0 heterocycles. The van der Waals surface area contributed by atoms with Crippen LogP contribution in [0.25, 0.3) is 43.1 Å². The molecule has 0 aliphatic carbocycles. The first-order chi connectivity index (χ1) is 13.3. The van der Waals surface area contributed by atoms with E-state index < -0.39 is 50.7 Å². The van der Waals surface area contributed by atoms with Crippen LogP contribution in [-0.2, 0) is 0 Å². The third-order valence-electron chi connectivity index (χ3n) is 5.20. The van der Waals surface area contributed by atoms with Crippen LogP contribution in [0.5, 0.6) is 34.5 Å². The molecule has 5 aromatic carbocycles. The molecule has 0 aliphatic heterocycles. The molecule has 0 saturated heterocycles. The van der Waals surface area contributed by atoms with Crippen molar-refractivity contribution < 1.29 is 30.6 Å². The van der Waals surface area contributed by atoms with E-state index in [1.165, 1.54) is 12.1 Å². The van der Waals surface area contributed by atoms with Gasteiger partial charge in [0.25, 0.3) is 5.43 Å². The Bertz CT molecular complexity index is 1600. The topological polar surface area (TPSA) is 156 Å². The van der Waals surface area contributed by atoms with Gasteiger partial charge in [0.2, 0.25) is 11.2 Å². The molecular weight excluding hydrogens is 368 g/mol. The molecule has 138 valence electrons. The molecule has 0 amide bonds. The minimum absolute atomic E-state index is 0.0871. The Kier molecular flexibility index (Phi) is 2.71. The molecule has 8 nitrogen and oxygen atoms in total. The fraction of sp³-hybridized carbons (Fsp3) is 0. The average Bonchev–Trinajstić information content (AvgIpc) is 2.67. The highest BCUT2D eigenvalue weighted by Gasteiger charge is 2.29. The van der Waals surface area contributed by atoms with Gasteiger partial charge >= 0.3 is 0 Å². The van der Waals surface area contributed by atoms with Crippen LogP contribution in [0, 0.1) is 0 Å². The van der Waals surface area contributed by atoms with Crippen molar-refractivity contribution in [3.63, 3.8) is 0 Å². The number of benzene rings is 5. The van der Waals surface area contributed by atoms with E-state index in [1.807, 2.05) is 0 Å². The van der Waals surface area contributed by atoms with Crippen LogP contribution >= 0.6 is 0 Å². The zero-order chi connectivity index (χ0) is 20.1. The Morgan fingerprint density at radius 2 is 1.18 bits per heavy atom. The first-order valence-electron chi connectivity index (χ1n) is 8.07. The summed E-state index contributed by atoms with van der Waals surface area (Å²) < 4.78 is 0. The molecule has 0 aliphatic rings. The molecular formula is C20H10O8. The summed E-state index contributed by atoms with van der Waals surface area (Å²) in [6.45, 7) is 0. The lowest BCUT2D eigenvalue weighted by molar-refractivity contribution is 0.374. The number of phenols is 6. The maximum Gasteiger partial charge on any atom is 0.268 e. The van der Waals surface area contributed by atoms with Crippen molar-refractivity contribution in [2.45, 2.75) is 0 Å². The van der Waals surface area contributed by atoms with E-state index in [0.717, 1.165) is 0 Å². The minimum atomic E-state index is -1.36. The van der Waals surface area contributed by atoms with Gasteiger partial charge in [-0.25, -0.2) is 0 Å². The summed E-state index contributed by atoms with van der Waals surface area (Å²) in [5, 5.41) is 61.5. The second-order valence-electron chi connectivity index (χ2n) is 6.58. The van der Waals surface area contributed by atoms with Crippen LogP contribution in [0.2, 0.25) is 0 Å². The van der Waals surface area contributed by atoms with Gasteiger partial charge in [0, 0.05) is 26.9 Å². The summed E-state index contributed by atoms with van der Waals surface area (Å²) in [5.74, 6) is -4.93. The van der Waals surface area contributed by atoms with Gasteiger partial charge in [-0.2, -0.15) is 0 Å². The Balaban J connectivity index is 2.42. The second-order valence-corrected chi connectivity index (χ2v) is 6.58. The molecule has 0 spiro atoms. The standard InChI is InChI=1S/C20H10O8/c21-7-4-5-2-1-3-6-8(5)11(14(7)22)12-10-9(6)15(23)19(27)17(25)13(10)18(26)20(28)16(12)24/h1-4,21-25,27H. The summed E-state index contributed by atoms with van der Waals surface area (Å²) in [7, 11) is 0. The predicted octanol–water partition coefficient (Wildman–Crippen LogP) is 2.13. The van der Waals surface area contributed by atoms with Gasteiger partial charge in [-0.1, -0.05) is 18.2 Å². The summed E-state index contributed by atoms with van der Waals surface area (Å²) >= 11 is 0. The van der Waals surface area contributed by atoms with Crippen molar-refractivity contribution in [2.75, 3.05) is 0 Å². The van der Waals surface area contributed by atoms with Gasteiger partial charge in [-0.15, -0.1) is 0 Å². The van der Waals surface area contributed by atoms with E-state index in [-0.39, 0.29) is 32.3 Å². The van der Waals surface area contributed by atoms with E-state index >= 15 is 0 Å². The molecule has 28 heavy (non-hydrogen) atoms. The third kappa shape index (κ3) is 1.56. The van der Waals surface area contributed by atoms with Crippen LogP contribution in [0.15, 0.2) is 33.9 Å². The smallest absolute Gasteiger partial charge is 0.268 e. The Hall–Kier alpha value is -4.20. The predicted molar refractivity (Wildman–Crippen MR) is 101 cm³/mol. The summed E-state index contributed by atoms with van der Waals surface area (Å²) in [6.07, 6.45) is 0. The molecule has 5 aromatic rings. The average molecular weight is 378 g/mol. The Morgan fingerprint density at radius 1 is 0.536 bits per heavy atom. The van der Waals surface area contributed by atoms with Gasteiger partial charge < -0.3 is 30.6 Å². The van der Waals surface area contributed by atoms with E-state index in [2.05, 4.69) is 0 Å². The molecule has 0 fully saturated rings. The van der Waals surface area contributed by atoms with Crippen LogP contribution in [0.1, 0.15) is 0 Å². The first kappa shape index (κ1) is 16.0. The van der Waals surface area contributed by atoms with Gasteiger partial charge in [0.1, 0.15) is 0 Å². The molecule has 0 saturated carbocycles. The second kappa shape index (κ2) is 4.74. The van der Waals surface area contributed by atoms with Crippen LogP contribution in [0.3, 0.4) is 0 Å². The molecule has 0 atom stereocenters. The lowest BCUT2D eigenvalue weighted by Crippen LogP contribution is -2.23. The van der Waals surface area contributed by atoms with Gasteiger partial charge in [-0.05, 0) is 16.8 Å². The Labute approximate surface area is 153 Å². The van der Waals surface area contributed by atoms with Crippen LogP contribution in [-0.4, -0.2) is 30.6 Å². The number of aromatic hydroxyl groups is 6. The lowest BCUT2D eigenvalue weighted by atomic mass is 9.87. The van der Waals surface area contributed by atoms with Crippen LogP contribution < -0.4 is 10.9 Å². The van der Waals surface area contributed by atoms with E-state index in [9.17, 15) is 40.2 Å². The van der Waals surface area contributed by atoms with Crippen molar-refractivity contribution in [1.82, 2.24) is 0 Å². The summed E-state index contributed by atoms with van der Waals surface area (Å²) in [6, 6.07) is 5.97. The fourth-order valence-electron chi connectivity index (χ4n) is 4.02. The quantitative estimate of drug-likeness (QED) is 0.104. The zero-order valence-corrected chi connectivity index (χ0v) is 13.8. The van der Waals surface area contributed by atoms with E-state index in [1.54, 1.807) is 12.1 Å². The highest BCUT2D eigenvalue weighted by Crippen LogP contribution is 2.54. The van der Waals surface area contributed by atoms with Crippen molar-refractivity contribution in [3.8, 4) is 34.5 Å². The molecule has 8 heteroatoms. The van der Waals surface area contributed by atoms with Gasteiger partial charge in [-0.3, -0.25) is 9.59 Å². The lowest BCUT2D eigenvalue weighted by Gasteiger charge is -2.18. The van der Waals surface area contributed by atoms with E-state index in [4.69, 9.17) is 0 Å². The fourth-order valence-corrected chi connectivity index (χ4v) is 4.02. The number of fused-ring (bicyclic) bond motifs is 2. The van der Waals surface area contributed by atoms with Crippen molar-refractivity contribution in [1.29, 1.82) is 0 Å². The molecule has 6 N–H and O–H groups in total. The van der Waals surface area contributed by atoms with E-state index in [0.29, 0.717) is 5.39 Å². The normalized spacial score (nSPS) is 12.0. The zero-order valence-electron chi connectivity index (χ0n) is 13.8. The minimum Gasteiger partial charge on any atom is -0.504 e. The van der Waals surface area contributed by atoms with Crippen LogP contribution in [0.4, 0.5) is 0 Å². The SMILES string of the molecule is O=c1c(O)c2c3c(O)c(O)cc4cccc(c5c(O)c(O)c(O)c(c1=O)c52)c43.